The van der Waals surface area contributed by atoms with Gasteiger partial charge in [0, 0.05) is 19.0 Å². The third-order valence-corrected chi connectivity index (χ3v) is 8.32. The van der Waals surface area contributed by atoms with E-state index in [2.05, 4.69) is 46.2 Å². The van der Waals surface area contributed by atoms with Crippen molar-refractivity contribution in [2.75, 3.05) is 19.6 Å². The second-order valence-electron chi connectivity index (χ2n) is 9.71. The number of amides is 2. The van der Waals surface area contributed by atoms with Gasteiger partial charge < -0.3 is 10.6 Å². The van der Waals surface area contributed by atoms with Crippen LogP contribution < -0.4 is 10.6 Å². The Morgan fingerprint density at radius 1 is 1.21 bits per heavy atom. The molecule has 4 aliphatic rings. The summed E-state index contributed by atoms with van der Waals surface area (Å²) < 4.78 is 0. The van der Waals surface area contributed by atoms with Gasteiger partial charge in [-0.05, 0) is 85.8 Å². The highest BCUT2D eigenvalue weighted by atomic mass is 32.1. The molecule has 2 unspecified atom stereocenters. The summed E-state index contributed by atoms with van der Waals surface area (Å²) in [4.78, 5) is 27.8. The third-order valence-electron chi connectivity index (χ3n) is 7.62. The molecule has 4 fully saturated rings. The van der Waals surface area contributed by atoms with Crippen LogP contribution in [0.3, 0.4) is 0 Å². The molecule has 4 bridgehead atoms. The fraction of sp³-hybridized carbons (Fsp3) is 0.739. The van der Waals surface area contributed by atoms with Crippen molar-refractivity contribution in [3.8, 4) is 0 Å². The smallest absolute Gasteiger partial charge is 0.226 e. The van der Waals surface area contributed by atoms with E-state index in [1.807, 2.05) is 0 Å². The van der Waals surface area contributed by atoms with Gasteiger partial charge >= 0.3 is 0 Å². The van der Waals surface area contributed by atoms with Gasteiger partial charge in [-0.1, -0.05) is 13.8 Å². The van der Waals surface area contributed by atoms with Gasteiger partial charge in [0.05, 0.1) is 11.5 Å². The van der Waals surface area contributed by atoms with Crippen molar-refractivity contribution in [3.63, 3.8) is 0 Å². The molecule has 6 heteroatoms. The predicted octanol–water partition coefficient (Wildman–Crippen LogP) is 3.72. The average molecular weight is 418 g/mol. The molecule has 5 nitrogen and oxygen atoms in total. The fourth-order valence-electron chi connectivity index (χ4n) is 7.01. The first kappa shape index (κ1) is 20.9. The molecule has 4 saturated carbocycles. The Morgan fingerprint density at radius 3 is 2.45 bits per heavy atom. The van der Waals surface area contributed by atoms with Gasteiger partial charge in [0.25, 0.3) is 0 Å². The molecule has 0 saturated heterocycles. The first-order valence-electron chi connectivity index (χ1n) is 11.2. The van der Waals surface area contributed by atoms with Crippen LogP contribution in [0.2, 0.25) is 0 Å². The molecule has 0 aliphatic heterocycles. The number of rotatable bonds is 8. The van der Waals surface area contributed by atoms with E-state index in [1.54, 1.807) is 18.3 Å². The minimum atomic E-state index is -0.297. The molecule has 2 amide bonds. The molecular weight excluding hydrogens is 382 g/mol. The van der Waals surface area contributed by atoms with Gasteiger partial charge in [-0.15, -0.1) is 0 Å². The maximum atomic E-state index is 13.6. The molecule has 2 N–H and O–H groups in total. The fourth-order valence-corrected chi connectivity index (χ4v) is 7.72. The lowest BCUT2D eigenvalue weighted by Gasteiger charge is -2.61. The van der Waals surface area contributed by atoms with E-state index >= 15 is 0 Å². The zero-order valence-corrected chi connectivity index (χ0v) is 18.8. The van der Waals surface area contributed by atoms with E-state index in [-0.39, 0.29) is 28.8 Å². The average Bonchev–Trinajstić information content (AvgIpc) is 3.17. The summed E-state index contributed by atoms with van der Waals surface area (Å²) >= 11 is 1.71. The summed E-state index contributed by atoms with van der Waals surface area (Å²) in [6.07, 6.45) is 6.13. The van der Waals surface area contributed by atoms with Crippen LogP contribution in [0.1, 0.15) is 70.9 Å². The van der Waals surface area contributed by atoms with Crippen LogP contribution in [-0.2, 0) is 9.59 Å². The normalized spacial score (nSPS) is 33.7. The van der Waals surface area contributed by atoms with Crippen molar-refractivity contribution in [1.82, 2.24) is 15.5 Å². The number of carbonyl (C=O) groups excluding carboxylic acids is 2. The molecule has 1 aromatic heterocycles. The lowest BCUT2D eigenvalue weighted by Crippen LogP contribution is -2.66. The molecule has 1 aromatic rings. The SMILES string of the molecule is CCN(CC)[C@@H](CNC(=O)C12C[C@@H]3C[C@@H](CC(NC(C)=O)(C3)C1)C2)c1ccsc1. The van der Waals surface area contributed by atoms with Gasteiger partial charge in [-0.25, -0.2) is 0 Å². The van der Waals surface area contributed by atoms with E-state index in [0.29, 0.717) is 18.4 Å². The molecular formula is C23H35N3O2S. The second-order valence-corrected chi connectivity index (χ2v) is 10.5. The van der Waals surface area contributed by atoms with E-state index in [1.165, 1.54) is 12.0 Å². The van der Waals surface area contributed by atoms with Crippen molar-refractivity contribution >= 4 is 23.2 Å². The highest BCUT2D eigenvalue weighted by Crippen LogP contribution is 2.61. The van der Waals surface area contributed by atoms with Crippen molar-refractivity contribution in [2.24, 2.45) is 17.3 Å². The Labute approximate surface area is 178 Å². The molecule has 0 radical (unpaired) electrons. The summed E-state index contributed by atoms with van der Waals surface area (Å²) in [5, 5.41) is 10.9. The van der Waals surface area contributed by atoms with Crippen LogP contribution in [0.5, 0.6) is 0 Å². The van der Waals surface area contributed by atoms with Crippen molar-refractivity contribution < 1.29 is 9.59 Å². The summed E-state index contributed by atoms with van der Waals surface area (Å²) in [6, 6.07) is 2.40. The summed E-state index contributed by atoms with van der Waals surface area (Å²) in [5.41, 5.74) is 0.840. The van der Waals surface area contributed by atoms with Gasteiger partial charge in [0.15, 0.2) is 0 Å². The van der Waals surface area contributed by atoms with E-state index in [9.17, 15) is 9.59 Å². The lowest BCUT2D eigenvalue weighted by molar-refractivity contribution is -0.153. The van der Waals surface area contributed by atoms with E-state index in [4.69, 9.17) is 0 Å². The largest absolute Gasteiger partial charge is 0.354 e. The number of hydrogen-bond acceptors (Lipinski definition) is 4. The number of thiophene rings is 1. The Morgan fingerprint density at radius 2 is 1.90 bits per heavy atom. The minimum absolute atomic E-state index is 0.0431. The molecule has 29 heavy (non-hydrogen) atoms. The molecule has 5 atom stereocenters. The van der Waals surface area contributed by atoms with Gasteiger partial charge in [-0.3, -0.25) is 14.5 Å². The molecule has 0 spiro atoms. The molecule has 1 heterocycles. The van der Waals surface area contributed by atoms with Crippen molar-refractivity contribution in [3.05, 3.63) is 22.4 Å². The topological polar surface area (TPSA) is 61.4 Å². The van der Waals surface area contributed by atoms with E-state index < -0.39 is 0 Å². The van der Waals surface area contributed by atoms with E-state index in [0.717, 1.165) is 45.2 Å². The van der Waals surface area contributed by atoms with Crippen LogP contribution in [0.4, 0.5) is 0 Å². The second kappa shape index (κ2) is 8.03. The number of nitrogens with zero attached hydrogens (tertiary/aromatic N) is 1. The Hall–Kier alpha value is -1.40. The van der Waals surface area contributed by atoms with Crippen LogP contribution in [-0.4, -0.2) is 41.9 Å². The quantitative estimate of drug-likeness (QED) is 0.678. The van der Waals surface area contributed by atoms with Crippen LogP contribution in [0.15, 0.2) is 16.8 Å². The number of hydrogen-bond donors (Lipinski definition) is 2. The summed E-state index contributed by atoms with van der Waals surface area (Å²) in [5.74, 6) is 1.41. The maximum absolute atomic E-state index is 13.6. The lowest BCUT2D eigenvalue weighted by atomic mass is 9.46. The standard InChI is InChI=1S/C23H35N3O2S/c1-4-26(5-2)20(19-6-7-29-14-19)13-24-21(28)22-9-17-8-18(10-22)12-23(11-17,15-22)25-16(3)27/h6-7,14,17-18,20H,4-5,8-13,15H2,1-3H3,(H,24,28)(H,25,27)/t17-,18+,20-,22?,23?/m0/s1. The van der Waals surface area contributed by atoms with Crippen molar-refractivity contribution in [1.29, 1.82) is 0 Å². The van der Waals surface area contributed by atoms with Crippen LogP contribution in [0.25, 0.3) is 0 Å². The number of nitrogens with one attached hydrogen (secondary N) is 2. The third kappa shape index (κ3) is 3.98. The van der Waals surface area contributed by atoms with Gasteiger partial charge in [0.2, 0.25) is 11.8 Å². The zero-order chi connectivity index (χ0) is 20.6. The zero-order valence-electron chi connectivity index (χ0n) is 18.0. The van der Waals surface area contributed by atoms with Gasteiger partial charge in [0.1, 0.15) is 0 Å². The Bertz CT molecular complexity index is 729. The van der Waals surface area contributed by atoms with Gasteiger partial charge in [-0.2, -0.15) is 11.3 Å². The first-order valence-corrected chi connectivity index (χ1v) is 12.2. The highest BCUT2D eigenvalue weighted by Gasteiger charge is 2.60. The van der Waals surface area contributed by atoms with Crippen LogP contribution >= 0.6 is 11.3 Å². The summed E-state index contributed by atoms with van der Waals surface area (Å²) in [7, 11) is 0. The maximum Gasteiger partial charge on any atom is 0.226 e. The molecule has 0 aromatic carbocycles. The molecule has 4 aliphatic carbocycles. The van der Waals surface area contributed by atoms with Crippen molar-refractivity contribution in [2.45, 2.75) is 70.9 Å². The number of likely N-dealkylation sites (N-methyl/N-ethyl adjacent to an activating group) is 1. The number of carbonyl (C=O) groups is 2. The predicted molar refractivity (Wildman–Crippen MR) is 117 cm³/mol. The minimum Gasteiger partial charge on any atom is -0.354 e. The molecule has 160 valence electrons. The van der Waals surface area contributed by atoms with Crippen LogP contribution in [0, 0.1) is 17.3 Å². The monoisotopic (exact) mass is 417 g/mol. The Kier molecular flexibility index (Phi) is 5.77. The highest BCUT2D eigenvalue weighted by molar-refractivity contribution is 7.07. The molecule has 5 rings (SSSR count). The Balaban J connectivity index is 1.49. The summed E-state index contributed by atoms with van der Waals surface area (Å²) in [6.45, 7) is 8.56. The first-order chi connectivity index (χ1) is 13.9.